The van der Waals surface area contributed by atoms with Crippen LogP contribution in [0.1, 0.15) is 117 Å². The van der Waals surface area contributed by atoms with Crippen LogP contribution in [0.25, 0.3) is 0 Å². The van der Waals surface area contributed by atoms with E-state index in [-0.39, 0.29) is 0 Å². The minimum atomic E-state index is 0.891. The molecule has 0 aromatic heterocycles. The van der Waals surface area contributed by atoms with Crippen LogP contribution < -0.4 is 0 Å². The Hall–Kier alpha value is -0.260. The molecule has 21 heavy (non-hydrogen) atoms. The van der Waals surface area contributed by atoms with E-state index >= 15 is 0 Å². The molecule has 0 aliphatic rings. The number of unbranched alkanes of at least 4 members (excludes halogenated alkanes) is 12. The largest absolute Gasteiger partial charge is 0.0885 e. The molecule has 0 aromatic carbocycles. The van der Waals surface area contributed by atoms with Gasteiger partial charge in [0.25, 0.3) is 0 Å². The van der Waals surface area contributed by atoms with Crippen LogP contribution in [0.5, 0.6) is 0 Å². The van der Waals surface area contributed by atoms with E-state index in [1.165, 1.54) is 96.3 Å². The van der Waals surface area contributed by atoms with E-state index in [0.717, 1.165) is 5.92 Å². The maximum Gasteiger partial charge on any atom is -0.0351 e. The van der Waals surface area contributed by atoms with Gasteiger partial charge < -0.3 is 0 Å². The lowest BCUT2D eigenvalue weighted by Crippen LogP contribution is -1.87. The van der Waals surface area contributed by atoms with Crippen molar-refractivity contribution < 1.29 is 0 Å². The Kier molecular flexibility index (Phi) is 17.6. The van der Waals surface area contributed by atoms with Gasteiger partial charge in [-0.25, -0.2) is 0 Å². The van der Waals surface area contributed by atoms with Gasteiger partial charge in [-0.2, -0.15) is 0 Å². The average molecular weight is 295 g/mol. The van der Waals surface area contributed by atoms with Gasteiger partial charge in [-0.05, 0) is 31.6 Å². The molecule has 0 spiro atoms. The molecule has 0 rings (SSSR count). The summed E-state index contributed by atoms with van der Waals surface area (Å²) >= 11 is 0. The zero-order valence-corrected chi connectivity index (χ0v) is 15.3. The third-order valence-corrected chi connectivity index (χ3v) is 4.29. The highest BCUT2D eigenvalue weighted by Gasteiger charge is 1.94. The predicted molar refractivity (Wildman–Crippen MR) is 98.9 cm³/mol. The lowest BCUT2D eigenvalue weighted by atomic mass is 10.0. The highest BCUT2D eigenvalue weighted by Crippen LogP contribution is 2.12. The first-order chi connectivity index (χ1) is 10.3. The molecule has 0 aliphatic heterocycles. The van der Waals surface area contributed by atoms with Crippen LogP contribution >= 0.6 is 0 Å². The Bertz CT molecular complexity index is 202. The van der Waals surface area contributed by atoms with Gasteiger partial charge in [-0.1, -0.05) is 104 Å². The van der Waals surface area contributed by atoms with Crippen molar-refractivity contribution in [1.29, 1.82) is 0 Å². The van der Waals surface area contributed by atoms with Crippen LogP contribution in [0.3, 0.4) is 0 Å². The highest BCUT2D eigenvalue weighted by molar-refractivity contribution is 4.81. The molecule has 0 heterocycles. The topological polar surface area (TPSA) is 0 Å². The van der Waals surface area contributed by atoms with E-state index in [9.17, 15) is 0 Å². The smallest absolute Gasteiger partial charge is 0.0351 e. The first-order valence-electron chi connectivity index (χ1n) is 9.92. The third-order valence-electron chi connectivity index (χ3n) is 4.29. The standard InChI is InChI=1S/C21H42/c1-4-5-6-7-8-9-10-11-12-13-14-15-16-17-18-19-20-21(2)3/h11-12,21H,4-10,13-20H2,1-3H3/b12-11+. The number of rotatable bonds is 16. The fourth-order valence-electron chi connectivity index (χ4n) is 2.80. The second-order valence-corrected chi connectivity index (χ2v) is 7.12. The predicted octanol–water partition coefficient (Wildman–Crippen LogP) is 8.07. The first-order valence-corrected chi connectivity index (χ1v) is 9.92. The monoisotopic (exact) mass is 294 g/mol. The van der Waals surface area contributed by atoms with Crippen molar-refractivity contribution >= 4 is 0 Å². The lowest BCUT2D eigenvalue weighted by Gasteiger charge is -2.03. The number of hydrogen-bond acceptors (Lipinski definition) is 0. The Morgan fingerprint density at radius 3 is 1.48 bits per heavy atom. The molecule has 0 saturated heterocycles. The molecule has 0 aliphatic carbocycles. The van der Waals surface area contributed by atoms with Crippen LogP contribution in [0.2, 0.25) is 0 Å². The van der Waals surface area contributed by atoms with Crippen molar-refractivity contribution in [2.75, 3.05) is 0 Å². The molecule has 0 nitrogen and oxygen atoms in total. The summed E-state index contributed by atoms with van der Waals surface area (Å²) in [5.74, 6) is 0.891. The summed E-state index contributed by atoms with van der Waals surface area (Å²) in [6, 6.07) is 0. The van der Waals surface area contributed by atoms with E-state index in [4.69, 9.17) is 0 Å². The first kappa shape index (κ1) is 20.7. The summed E-state index contributed by atoms with van der Waals surface area (Å²) < 4.78 is 0. The maximum atomic E-state index is 2.42. The maximum absolute atomic E-state index is 2.42. The van der Waals surface area contributed by atoms with Crippen molar-refractivity contribution in [2.24, 2.45) is 5.92 Å². The van der Waals surface area contributed by atoms with Crippen LogP contribution in [0.15, 0.2) is 12.2 Å². The zero-order valence-electron chi connectivity index (χ0n) is 15.3. The SMILES string of the molecule is CCCCCCCC/C=C/CCCCCCCCC(C)C. The van der Waals surface area contributed by atoms with E-state index in [1.807, 2.05) is 0 Å². The van der Waals surface area contributed by atoms with Crippen LogP contribution in [0, 0.1) is 5.92 Å². The molecule has 0 heteroatoms. The summed E-state index contributed by atoms with van der Waals surface area (Å²) in [6.45, 7) is 6.95. The van der Waals surface area contributed by atoms with Gasteiger partial charge in [0.15, 0.2) is 0 Å². The zero-order chi connectivity index (χ0) is 15.6. The van der Waals surface area contributed by atoms with E-state index in [2.05, 4.69) is 32.9 Å². The Morgan fingerprint density at radius 1 is 0.571 bits per heavy atom. The molecule has 0 unspecified atom stereocenters. The number of allylic oxidation sites excluding steroid dienone is 2. The molecule has 0 radical (unpaired) electrons. The van der Waals surface area contributed by atoms with Crippen LogP contribution in [-0.2, 0) is 0 Å². The fraction of sp³-hybridized carbons (Fsp3) is 0.905. The van der Waals surface area contributed by atoms with Gasteiger partial charge in [0.1, 0.15) is 0 Å². The van der Waals surface area contributed by atoms with Gasteiger partial charge >= 0.3 is 0 Å². The summed E-state index contributed by atoms with van der Waals surface area (Å²) in [4.78, 5) is 0. The summed E-state index contributed by atoms with van der Waals surface area (Å²) in [6.07, 6.45) is 26.0. The Labute approximate surface area is 135 Å². The second kappa shape index (κ2) is 17.8. The minimum Gasteiger partial charge on any atom is -0.0885 e. The van der Waals surface area contributed by atoms with Crippen molar-refractivity contribution in [1.82, 2.24) is 0 Å². The Morgan fingerprint density at radius 2 is 1.00 bits per heavy atom. The molecule has 126 valence electrons. The van der Waals surface area contributed by atoms with Crippen molar-refractivity contribution in [2.45, 2.75) is 117 Å². The van der Waals surface area contributed by atoms with Gasteiger partial charge in [-0.3, -0.25) is 0 Å². The lowest BCUT2D eigenvalue weighted by molar-refractivity contribution is 0.512. The van der Waals surface area contributed by atoms with Crippen molar-refractivity contribution in [3.05, 3.63) is 12.2 Å². The second-order valence-electron chi connectivity index (χ2n) is 7.12. The van der Waals surface area contributed by atoms with Gasteiger partial charge in [0, 0.05) is 0 Å². The Balaban J connectivity index is 3.05. The van der Waals surface area contributed by atoms with Gasteiger partial charge in [0.05, 0.1) is 0 Å². The molecule has 0 amide bonds. The molecule has 0 saturated carbocycles. The van der Waals surface area contributed by atoms with E-state index in [0.29, 0.717) is 0 Å². The van der Waals surface area contributed by atoms with Gasteiger partial charge in [0.2, 0.25) is 0 Å². The van der Waals surface area contributed by atoms with Crippen LogP contribution in [-0.4, -0.2) is 0 Å². The molecule has 0 fully saturated rings. The summed E-state index contributed by atoms with van der Waals surface area (Å²) in [5, 5.41) is 0. The average Bonchev–Trinajstić information content (AvgIpc) is 2.46. The van der Waals surface area contributed by atoms with Gasteiger partial charge in [-0.15, -0.1) is 0 Å². The van der Waals surface area contributed by atoms with Crippen molar-refractivity contribution in [3.8, 4) is 0 Å². The van der Waals surface area contributed by atoms with E-state index < -0.39 is 0 Å². The normalized spacial score (nSPS) is 11.8. The highest BCUT2D eigenvalue weighted by atomic mass is 14.0. The summed E-state index contributed by atoms with van der Waals surface area (Å²) in [7, 11) is 0. The molecule has 0 bridgehead atoms. The minimum absolute atomic E-state index is 0.891. The van der Waals surface area contributed by atoms with E-state index in [1.54, 1.807) is 0 Å². The van der Waals surface area contributed by atoms with Crippen LogP contribution in [0.4, 0.5) is 0 Å². The fourth-order valence-corrected chi connectivity index (χ4v) is 2.80. The molecule has 0 N–H and O–H groups in total. The quantitative estimate of drug-likeness (QED) is 0.199. The molecule has 0 atom stereocenters. The third kappa shape index (κ3) is 19.7. The molecular weight excluding hydrogens is 252 g/mol. The van der Waals surface area contributed by atoms with Crippen molar-refractivity contribution in [3.63, 3.8) is 0 Å². The summed E-state index contributed by atoms with van der Waals surface area (Å²) in [5.41, 5.74) is 0. The molecular formula is C21H42. The number of hydrogen-bond donors (Lipinski definition) is 0. The molecule has 0 aromatic rings.